The summed E-state index contributed by atoms with van der Waals surface area (Å²) >= 11 is 1.46. The molecule has 4 nitrogen and oxygen atoms in total. The second-order valence-electron chi connectivity index (χ2n) is 5.77. The highest BCUT2D eigenvalue weighted by Crippen LogP contribution is 2.40. The molecule has 120 valence electrons. The third-order valence-corrected chi connectivity index (χ3v) is 5.54. The highest BCUT2D eigenvalue weighted by Gasteiger charge is 2.46. The fraction of sp³-hybridized carbons (Fsp3) is 0.846. The quantitative estimate of drug-likeness (QED) is 0.836. The second-order valence-corrected chi connectivity index (χ2v) is 6.87. The zero-order valence-electron chi connectivity index (χ0n) is 11.4. The Labute approximate surface area is 124 Å². The number of carboxylic acid groups (broad SMARTS) is 1. The minimum absolute atomic E-state index is 0.0591. The summed E-state index contributed by atoms with van der Waals surface area (Å²) in [6, 6.07) is 0. The van der Waals surface area contributed by atoms with Crippen molar-refractivity contribution < 1.29 is 27.9 Å². The van der Waals surface area contributed by atoms with Crippen molar-refractivity contribution in [1.29, 1.82) is 0 Å². The summed E-state index contributed by atoms with van der Waals surface area (Å²) in [4.78, 5) is 23.5. The van der Waals surface area contributed by atoms with Crippen LogP contribution in [0.4, 0.5) is 13.2 Å². The van der Waals surface area contributed by atoms with Crippen LogP contribution in [0.3, 0.4) is 0 Å². The number of amides is 1. The smallest absolute Gasteiger partial charge is 0.391 e. The number of alkyl halides is 3. The number of nitrogens with one attached hydrogen (secondary N) is 1. The van der Waals surface area contributed by atoms with E-state index in [-0.39, 0.29) is 25.7 Å². The van der Waals surface area contributed by atoms with Crippen LogP contribution in [0.15, 0.2) is 0 Å². The van der Waals surface area contributed by atoms with Crippen molar-refractivity contribution >= 4 is 23.6 Å². The molecule has 1 amide bonds. The third kappa shape index (κ3) is 3.64. The van der Waals surface area contributed by atoms with Gasteiger partial charge in [-0.15, -0.1) is 0 Å². The molecule has 2 rings (SSSR count). The average molecular weight is 325 g/mol. The first-order valence-corrected chi connectivity index (χ1v) is 8.10. The first-order chi connectivity index (χ1) is 9.74. The summed E-state index contributed by atoms with van der Waals surface area (Å²) in [5, 5.41) is 11.9. The minimum atomic E-state index is -4.20. The molecule has 0 spiro atoms. The number of hydrogen-bond acceptors (Lipinski definition) is 3. The Bertz CT molecular complexity index is 413. The Morgan fingerprint density at radius 1 is 1.19 bits per heavy atom. The fourth-order valence-corrected chi connectivity index (χ4v) is 4.23. The molecular formula is C13H18F3NO3S. The van der Waals surface area contributed by atoms with Gasteiger partial charge >= 0.3 is 12.1 Å². The van der Waals surface area contributed by atoms with Crippen LogP contribution in [0, 0.1) is 11.8 Å². The molecule has 2 N–H and O–H groups in total. The van der Waals surface area contributed by atoms with Crippen LogP contribution in [0.25, 0.3) is 0 Å². The van der Waals surface area contributed by atoms with Gasteiger partial charge in [0.15, 0.2) is 0 Å². The lowest BCUT2D eigenvalue weighted by Gasteiger charge is -2.32. The van der Waals surface area contributed by atoms with Gasteiger partial charge in [0.05, 0.1) is 5.92 Å². The lowest BCUT2D eigenvalue weighted by molar-refractivity contribution is -0.184. The van der Waals surface area contributed by atoms with E-state index in [9.17, 15) is 27.9 Å². The Balaban J connectivity index is 1.92. The van der Waals surface area contributed by atoms with E-state index in [2.05, 4.69) is 5.32 Å². The lowest BCUT2D eigenvalue weighted by Crippen LogP contribution is -2.56. The number of thioether (sulfide) groups is 1. The van der Waals surface area contributed by atoms with Gasteiger partial charge in [-0.2, -0.15) is 24.9 Å². The molecule has 0 aromatic heterocycles. The van der Waals surface area contributed by atoms with E-state index in [0.717, 1.165) is 0 Å². The molecule has 0 aromatic carbocycles. The number of carbonyl (C=O) groups excluding carboxylic acids is 1. The number of aliphatic carboxylic acids is 1. The molecule has 0 bridgehead atoms. The van der Waals surface area contributed by atoms with Crippen LogP contribution < -0.4 is 5.32 Å². The zero-order chi connectivity index (χ0) is 15.7. The van der Waals surface area contributed by atoms with Crippen molar-refractivity contribution in [1.82, 2.24) is 5.32 Å². The van der Waals surface area contributed by atoms with E-state index in [1.54, 1.807) is 0 Å². The van der Waals surface area contributed by atoms with Crippen molar-refractivity contribution in [2.24, 2.45) is 11.8 Å². The molecule has 21 heavy (non-hydrogen) atoms. The van der Waals surface area contributed by atoms with Gasteiger partial charge in [0.1, 0.15) is 5.54 Å². The molecule has 0 radical (unpaired) electrons. The summed E-state index contributed by atoms with van der Waals surface area (Å²) in [6.07, 6.45) is -3.63. The van der Waals surface area contributed by atoms with Gasteiger partial charge in [0.25, 0.3) is 0 Å². The zero-order valence-corrected chi connectivity index (χ0v) is 12.2. The predicted octanol–water partition coefficient (Wildman–Crippen LogP) is 2.43. The van der Waals surface area contributed by atoms with Crippen LogP contribution in [0.1, 0.15) is 32.1 Å². The van der Waals surface area contributed by atoms with E-state index >= 15 is 0 Å². The number of rotatable bonds is 3. The molecule has 1 saturated carbocycles. The molecule has 8 heteroatoms. The first kappa shape index (κ1) is 16.5. The monoisotopic (exact) mass is 325 g/mol. The third-order valence-electron chi connectivity index (χ3n) is 4.35. The maximum Gasteiger partial charge on any atom is 0.391 e. The van der Waals surface area contributed by atoms with Crippen LogP contribution in [0.5, 0.6) is 0 Å². The van der Waals surface area contributed by atoms with Gasteiger partial charge in [0, 0.05) is 11.7 Å². The molecular weight excluding hydrogens is 307 g/mol. The summed E-state index contributed by atoms with van der Waals surface area (Å²) in [6.45, 7) is 0. The highest BCUT2D eigenvalue weighted by molar-refractivity contribution is 7.99. The van der Waals surface area contributed by atoms with Gasteiger partial charge in [-0.25, -0.2) is 4.79 Å². The Morgan fingerprint density at radius 3 is 2.24 bits per heavy atom. The van der Waals surface area contributed by atoms with Gasteiger partial charge in [0.2, 0.25) is 5.91 Å². The number of halogens is 3. The molecule has 0 aromatic rings. The van der Waals surface area contributed by atoms with Gasteiger partial charge in [-0.05, 0) is 37.9 Å². The molecule has 1 aliphatic carbocycles. The largest absolute Gasteiger partial charge is 0.479 e. The molecule has 2 aliphatic rings. The second kappa shape index (κ2) is 6.06. The van der Waals surface area contributed by atoms with Crippen molar-refractivity contribution in [3.63, 3.8) is 0 Å². The SMILES string of the molecule is O=C(NC1(C(=O)O)CCSC1)C1CCC(C(F)(F)F)CC1. The molecule has 1 atom stereocenters. The maximum atomic E-state index is 12.6. The van der Waals surface area contributed by atoms with E-state index in [1.165, 1.54) is 11.8 Å². The van der Waals surface area contributed by atoms with E-state index in [0.29, 0.717) is 17.9 Å². The van der Waals surface area contributed by atoms with Crippen molar-refractivity contribution in [3.8, 4) is 0 Å². The highest BCUT2D eigenvalue weighted by atomic mass is 32.2. The maximum absolute atomic E-state index is 12.6. The van der Waals surface area contributed by atoms with Gasteiger partial charge < -0.3 is 10.4 Å². The summed E-state index contributed by atoms with van der Waals surface area (Å²) in [7, 11) is 0. The van der Waals surface area contributed by atoms with E-state index in [1.807, 2.05) is 0 Å². The lowest BCUT2D eigenvalue weighted by atomic mass is 9.81. The van der Waals surface area contributed by atoms with Crippen molar-refractivity contribution in [3.05, 3.63) is 0 Å². The normalized spacial score (nSPS) is 33.7. The van der Waals surface area contributed by atoms with Crippen LogP contribution in [-0.4, -0.2) is 40.2 Å². The summed E-state index contributed by atoms with van der Waals surface area (Å²) in [5.74, 6) is -2.35. The van der Waals surface area contributed by atoms with E-state index in [4.69, 9.17) is 0 Å². The molecule has 1 unspecified atom stereocenters. The van der Waals surface area contributed by atoms with Crippen LogP contribution in [0.2, 0.25) is 0 Å². The average Bonchev–Trinajstić information content (AvgIpc) is 2.88. The molecule has 1 saturated heterocycles. The molecule has 2 fully saturated rings. The molecule has 1 heterocycles. The topological polar surface area (TPSA) is 66.4 Å². The Hall–Kier alpha value is -0.920. The fourth-order valence-electron chi connectivity index (χ4n) is 2.91. The molecule has 1 aliphatic heterocycles. The number of hydrogen-bond donors (Lipinski definition) is 2. The first-order valence-electron chi connectivity index (χ1n) is 6.94. The number of carbonyl (C=O) groups is 2. The van der Waals surface area contributed by atoms with Crippen molar-refractivity contribution in [2.45, 2.75) is 43.8 Å². The van der Waals surface area contributed by atoms with E-state index < -0.39 is 35.4 Å². The van der Waals surface area contributed by atoms with Gasteiger partial charge in [-0.1, -0.05) is 0 Å². The minimum Gasteiger partial charge on any atom is -0.479 e. The number of carboxylic acids is 1. The van der Waals surface area contributed by atoms with Crippen molar-refractivity contribution in [2.75, 3.05) is 11.5 Å². The standard InChI is InChI=1S/C13H18F3NO3S/c14-13(15,16)9-3-1-8(2-4-9)10(18)17-12(11(19)20)5-6-21-7-12/h8-9H,1-7H2,(H,17,18)(H,19,20). The van der Waals surface area contributed by atoms with Crippen LogP contribution >= 0.6 is 11.8 Å². The summed E-state index contributed by atoms with van der Waals surface area (Å²) in [5.41, 5.74) is -1.25. The Kier molecular flexibility index (Phi) is 4.75. The van der Waals surface area contributed by atoms with Crippen LogP contribution in [-0.2, 0) is 9.59 Å². The predicted molar refractivity (Wildman–Crippen MR) is 72.0 cm³/mol. The van der Waals surface area contributed by atoms with Gasteiger partial charge in [-0.3, -0.25) is 4.79 Å². The Morgan fingerprint density at radius 2 is 1.81 bits per heavy atom. The summed E-state index contributed by atoms with van der Waals surface area (Å²) < 4.78 is 37.7.